The molecule has 3 N–H and O–H groups in total. The van der Waals surface area contributed by atoms with Gasteiger partial charge in [-0.15, -0.1) is 12.4 Å². The van der Waals surface area contributed by atoms with E-state index < -0.39 is 0 Å². The molecular formula is C17H27ClN2O2. The Morgan fingerprint density at radius 3 is 2.73 bits per heavy atom. The van der Waals surface area contributed by atoms with E-state index in [-0.39, 0.29) is 18.3 Å². The summed E-state index contributed by atoms with van der Waals surface area (Å²) >= 11 is 0. The van der Waals surface area contributed by atoms with Crippen molar-refractivity contribution >= 4 is 24.0 Å². The summed E-state index contributed by atoms with van der Waals surface area (Å²) in [5, 5.41) is 2.94. The lowest BCUT2D eigenvalue weighted by Gasteiger charge is -2.11. The molecular weight excluding hydrogens is 300 g/mol. The van der Waals surface area contributed by atoms with Crippen LogP contribution in [0.1, 0.15) is 44.1 Å². The Morgan fingerprint density at radius 2 is 2.00 bits per heavy atom. The van der Waals surface area contributed by atoms with Crippen molar-refractivity contribution in [3.8, 4) is 0 Å². The van der Waals surface area contributed by atoms with Crippen molar-refractivity contribution in [2.24, 2.45) is 0 Å². The van der Waals surface area contributed by atoms with Crippen molar-refractivity contribution in [1.29, 1.82) is 0 Å². The third-order valence-corrected chi connectivity index (χ3v) is 3.98. The predicted octanol–water partition coefficient (Wildman–Crippen LogP) is 3.09. The Hall–Kier alpha value is -1.26. The second-order valence-corrected chi connectivity index (χ2v) is 5.68. The van der Waals surface area contributed by atoms with Gasteiger partial charge in [-0.1, -0.05) is 31.0 Å². The van der Waals surface area contributed by atoms with Gasteiger partial charge in [-0.05, 0) is 37.3 Å². The lowest BCUT2D eigenvalue weighted by Crippen LogP contribution is -2.26. The molecule has 0 heterocycles. The van der Waals surface area contributed by atoms with Gasteiger partial charge in [0.05, 0.1) is 6.10 Å². The van der Waals surface area contributed by atoms with Gasteiger partial charge in [0.2, 0.25) is 5.91 Å². The maximum atomic E-state index is 11.8. The zero-order valence-electron chi connectivity index (χ0n) is 13.1. The third-order valence-electron chi connectivity index (χ3n) is 3.98. The average Bonchev–Trinajstić information content (AvgIpc) is 2.99. The van der Waals surface area contributed by atoms with Gasteiger partial charge in [0, 0.05) is 25.3 Å². The van der Waals surface area contributed by atoms with E-state index in [1.54, 1.807) is 0 Å². The molecule has 2 rings (SSSR count). The quantitative estimate of drug-likeness (QED) is 0.570. The Morgan fingerprint density at radius 1 is 1.27 bits per heavy atom. The van der Waals surface area contributed by atoms with E-state index in [9.17, 15) is 4.79 Å². The Balaban J connectivity index is 0.00000242. The molecule has 22 heavy (non-hydrogen) atoms. The molecule has 0 radical (unpaired) electrons. The van der Waals surface area contributed by atoms with Gasteiger partial charge >= 0.3 is 0 Å². The molecule has 4 nitrogen and oxygen atoms in total. The number of benzene rings is 1. The maximum Gasteiger partial charge on any atom is 0.220 e. The first-order chi connectivity index (χ1) is 10.3. The number of nitrogen functional groups attached to an aromatic ring is 1. The zero-order chi connectivity index (χ0) is 14.9. The first kappa shape index (κ1) is 18.8. The number of halogens is 1. The lowest BCUT2D eigenvalue weighted by molar-refractivity contribution is -0.121. The second-order valence-electron chi connectivity index (χ2n) is 5.68. The molecule has 1 aromatic rings. The molecule has 0 bridgehead atoms. The van der Waals surface area contributed by atoms with Crippen LogP contribution >= 0.6 is 12.4 Å². The number of ether oxygens (including phenoxy) is 1. The fraction of sp³-hybridized carbons (Fsp3) is 0.588. The smallest absolute Gasteiger partial charge is 0.220 e. The highest BCUT2D eigenvalue weighted by Crippen LogP contribution is 2.20. The van der Waals surface area contributed by atoms with Gasteiger partial charge in [-0.3, -0.25) is 4.79 Å². The SMILES string of the molecule is Cl.Nc1ccccc1CCC(=O)NCCCOC1CCCC1. The van der Waals surface area contributed by atoms with E-state index in [4.69, 9.17) is 10.5 Å². The van der Waals surface area contributed by atoms with Crippen LogP contribution in [0, 0.1) is 0 Å². The van der Waals surface area contributed by atoms with E-state index in [1.165, 1.54) is 25.7 Å². The normalized spacial score (nSPS) is 14.5. The average molecular weight is 327 g/mol. The number of amides is 1. The number of aryl methyl sites for hydroxylation is 1. The van der Waals surface area contributed by atoms with Crippen molar-refractivity contribution in [2.45, 2.75) is 51.0 Å². The minimum absolute atomic E-state index is 0. The number of hydrogen-bond acceptors (Lipinski definition) is 3. The van der Waals surface area contributed by atoms with Crippen LogP contribution in [-0.2, 0) is 16.0 Å². The summed E-state index contributed by atoms with van der Waals surface area (Å²) in [7, 11) is 0. The van der Waals surface area contributed by atoms with Crippen molar-refractivity contribution < 1.29 is 9.53 Å². The Bertz CT molecular complexity index is 448. The summed E-state index contributed by atoms with van der Waals surface area (Å²) in [6.07, 6.45) is 7.51. The standard InChI is InChI=1S/C17H26N2O2.ClH/c18-16-9-4-1-6-14(16)10-11-17(20)19-12-5-13-21-15-7-2-3-8-15;/h1,4,6,9,15H,2-3,5,7-8,10-13,18H2,(H,19,20);1H. The van der Waals surface area contributed by atoms with Crippen molar-refractivity contribution in [1.82, 2.24) is 5.32 Å². The molecule has 0 aromatic heterocycles. The first-order valence-electron chi connectivity index (χ1n) is 7.97. The molecule has 1 aliphatic rings. The molecule has 5 heteroatoms. The highest BCUT2D eigenvalue weighted by atomic mass is 35.5. The van der Waals surface area contributed by atoms with Gasteiger partial charge in [0.1, 0.15) is 0 Å². The molecule has 0 aliphatic heterocycles. The molecule has 1 fully saturated rings. The molecule has 1 amide bonds. The summed E-state index contributed by atoms with van der Waals surface area (Å²) < 4.78 is 5.76. The summed E-state index contributed by atoms with van der Waals surface area (Å²) in [5.41, 5.74) is 7.66. The number of nitrogens with one attached hydrogen (secondary N) is 1. The van der Waals surface area contributed by atoms with Crippen LogP contribution in [0.3, 0.4) is 0 Å². The second kappa shape index (κ2) is 10.5. The van der Waals surface area contributed by atoms with Crippen LogP contribution in [0.4, 0.5) is 5.69 Å². The molecule has 0 atom stereocenters. The van der Waals surface area contributed by atoms with Gasteiger partial charge in [-0.25, -0.2) is 0 Å². The van der Waals surface area contributed by atoms with Crippen molar-refractivity contribution in [3.63, 3.8) is 0 Å². The van der Waals surface area contributed by atoms with Crippen LogP contribution < -0.4 is 11.1 Å². The minimum atomic E-state index is 0. The largest absolute Gasteiger partial charge is 0.399 e. The van der Waals surface area contributed by atoms with E-state index in [0.29, 0.717) is 25.5 Å². The van der Waals surface area contributed by atoms with Crippen LogP contribution in [0.15, 0.2) is 24.3 Å². The van der Waals surface area contributed by atoms with Gasteiger partial charge in [0.15, 0.2) is 0 Å². The molecule has 124 valence electrons. The van der Waals surface area contributed by atoms with E-state index in [2.05, 4.69) is 5.32 Å². The molecule has 1 aromatic carbocycles. The van der Waals surface area contributed by atoms with Crippen LogP contribution in [0.2, 0.25) is 0 Å². The summed E-state index contributed by atoms with van der Waals surface area (Å²) in [4.78, 5) is 11.8. The number of anilines is 1. The van der Waals surface area contributed by atoms with E-state index in [0.717, 1.165) is 24.3 Å². The van der Waals surface area contributed by atoms with E-state index >= 15 is 0 Å². The fourth-order valence-electron chi connectivity index (χ4n) is 2.70. The third kappa shape index (κ3) is 6.67. The first-order valence-corrected chi connectivity index (χ1v) is 7.97. The molecule has 1 saturated carbocycles. The number of rotatable bonds is 8. The Kier molecular flexibility index (Phi) is 8.94. The number of carbonyl (C=O) groups excluding carboxylic acids is 1. The zero-order valence-corrected chi connectivity index (χ0v) is 13.9. The maximum absolute atomic E-state index is 11.8. The van der Waals surface area contributed by atoms with Crippen molar-refractivity contribution in [3.05, 3.63) is 29.8 Å². The topological polar surface area (TPSA) is 64.4 Å². The number of para-hydroxylation sites is 1. The fourth-order valence-corrected chi connectivity index (χ4v) is 2.70. The van der Waals surface area contributed by atoms with Crippen molar-refractivity contribution in [2.75, 3.05) is 18.9 Å². The molecule has 1 aliphatic carbocycles. The van der Waals surface area contributed by atoms with Gasteiger partial charge in [0.25, 0.3) is 0 Å². The van der Waals surface area contributed by atoms with Crippen LogP contribution in [-0.4, -0.2) is 25.2 Å². The lowest BCUT2D eigenvalue weighted by atomic mass is 10.1. The summed E-state index contributed by atoms with van der Waals surface area (Å²) in [5.74, 6) is 0.0825. The summed E-state index contributed by atoms with van der Waals surface area (Å²) in [6, 6.07) is 7.69. The monoisotopic (exact) mass is 326 g/mol. The van der Waals surface area contributed by atoms with Gasteiger partial charge in [-0.2, -0.15) is 0 Å². The molecule has 0 spiro atoms. The number of hydrogen-bond donors (Lipinski definition) is 2. The highest BCUT2D eigenvalue weighted by molar-refractivity contribution is 5.85. The molecule has 0 saturated heterocycles. The number of nitrogens with two attached hydrogens (primary N) is 1. The number of carbonyl (C=O) groups is 1. The van der Waals surface area contributed by atoms with E-state index in [1.807, 2.05) is 24.3 Å². The van der Waals surface area contributed by atoms with Gasteiger partial charge < -0.3 is 15.8 Å². The van der Waals surface area contributed by atoms with Crippen LogP contribution in [0.25, 0.3) is 0 Å². The predicted molar refractivity (Wildman–Crippen MR) is 92.3 cm³/mol. The Labute approximate surface area is 139 Å². The highest BCUT2D eigenvalue weighted by Gasteiger charge is 2.14. The van der Waals surface area contributed by atoms with Crippen LogP contribution in [0.5, 0.6) is 0 Å². The molecule has 0 unspecified atom stereocenters. The summed E-state index contributed by atoms with van der Waals surface area (Å²) in [6.45, 7) is 1.44. The minimum Gasteiger partial charge on any atom is -0.399 e.